The van der Waals surface area contributed by atoms with Crippen molar-refractivity contribution < 1.29 is 0 Å². The molecule has 0 atom stereocenters. The van der Waals surface area contributed by atoms with E-state index in [2.05, 4.69) is 30.7 Å². The number of aromatic nitrogens is 5. The van der Waals surface area contributed by atoms with E-state index < -0.39 is 0 Å². The lowest BCUT2D eigenvalue weighted by Gasteiger charge is -2.13. The van der Waals surface area contributed by atoms with Crippen LogP contribution in [0.4, 0.5) is 5.82 Å². The zero-order valence-electron chi connectivity index (χ0n) is 11.6. The quantitative estimate of drug-likeness (QED) is 0.771. The second-order valence-corrected chi connectivity index (χ2v) is 5.38. The van der Waals surface area contributed by atoms with Gasteiger partial charge in [0, 0.05) is 11.6 Å². The van der Waals surface area contributed by atoms with Crippen LogP contribution < -0.4 is 5.32 Å². The maximum absolute atomic E-state index is 4.66. The lowest BCUT2D eigenvalue weighted by Crippen LogP contribution is -2.16. The van der Waals surface area contributed by atoms with Crippen molar-refractivity contribution >= 4 is 17.0 Å². The summed E-state index contributed by atoms with van der Waals surface area (Å²) in [6, 6.07) is 10.4. The van der Waals surface area contributed by atoms with Gasteiger partial charge in [-0.15, -0.1) is 5.10 Å². The highest BCUT2D eigenvalue weighted by Gasteiger charge is 2.19. The number of rotatable bonds is 3. The molecule has 106 valence electrons. The maximum Gasteiger partial charge on any atom is 0.207 e. The van der Waals surface area contributed by atoms with Crippen LogP contribution in [0, 0.1) is 0 Å². The molecule has 0 saturated heterocycles. The zero-order chi connectivity index (χ0) is 14.1. The average molecular weight is 280 g/mol. The Kier molecular flexibility index (Phi) is 2.99. The summed E-state index contributed by atoms with van der Waals surface area (Å²) in [6.45, 7) is 0. The van der Waals surface area contributed by atoms with Gasteiger partial charge < -0.3 is 5.32 Å². The Morgan fingerprint density at radius 3 is 2.62 bits per heavy atom. The van der Waals surface area contributed by atoms with E-state index in [1.807, 2.05) is 30.3 Å². The Labute approximate surface area is 122 Å². The molecule has 0 unspecified atom stereocenters. The van der Waals surface area contributed by atoms with Crippen LogP contribution in [-0.4, -0.2) is 31.4 Å². The molecule has 0 aliphatic heterocycles. The van der Waals surface area contributed by atoms with Crippen LogP contribution in [0.2, 0.25) is 0 Å². The topological polar surface area (TPSA) is 79.4 Å². The summed E-state index contributed by atoms with van der Waals surface area (Å²) in [4.78, 5) is 9.15. The van der Waals surface area contributed by atoms with Crippen LogP contribution >= 0.6 is 0 Å². The first-order chi connectivity index (χ1) is 10.4. The standard InChI is InChI=1S/C15H16N6/c1-2-6-10(7-3-1)13-17-14(16-11-8-4-5-9-11)12-15(18-13)20-21-19-12/h1-3,6-7,11H,4-5,8-9H2,(H2,16,17,18,19,20,21). The summed E-state index contributed by atoms with van der Waals surface area (Å²) in [5.41, 5.74) is 2.29. The van der Waals surface area contributed by atoms with Crippen LogP contribution in [0.3, 0.4) is 0 Å². The number of anilines is 1. The molecule has 0 amide bonds. The summed E-state index contributed by atoms with van der Waals surface area (Å²) in [5, 5.41) is 14.4. The number of fused-ring (bicyclic) bond motifs is 1. The van der Waals surface area contributed by atoms with Gasteiger partial charge in [-0.2, -0.15) is 10.3 Å². The number of nitrogens with one attached hydrogen (secondary N) is 2. The van der Waals surface area contributed by atoms with E-state index in [4.69, 9.17) is 0 Å². The fourth-order valence-electron chi connectivity index (χ4n) is 2.83. The highest BCUT2D eigenvalue weighted by molar-refractivity contribution is 5.84. The van der Waals surface area contributed by atoms with Crippen molar-refractivity contribution in [2.24, 2.45) is 0 Å². The van der Waals surface area contributed by atoms with Gasteiger partial charge in [0.25, 0.3) is 0 Å². The van der Waals surface area contributed by atoms with E-state index in [-0.39, 0.29) is 0 Å². The maximum atomic E-state index is 4.66. The van der Waals surface area contributed by atoms with Gasteiger partial charge in [0.15, 0.2) is 17.2 Å². The highest BCUT2D eigenvalue weighted by Crippen LogP contribution is 2.26. The van der Waals surface area contributed by atoms with Gasteiger partial charge in [-0.1, -0.05) is 43.2 Å². The Bertz CT molecular complexity index is 745. The largest absolute Gasteiger partial charge is 0.365 e. The van der Waals surface area contributed by atoms with Crippen molar-refractivity contribution in [2.45, 2.75) is 31.7 Å². The molecule has 2 heterocycles. The van der Waals surface area contributed by atoms with Gasteiger partial charge in [0.1, 0.15) is 0 Å². The number of H-pyrrole nitrogens is 1. The SMILES string of the molecule is c1ccc(-c2nc(NC3CCCC3)c3n[nH]nc3n2)cc1. The Morgan fingerprint density at radius 1 is 1.00 bits per heavy atom. The minimum atomic E-state index is 0.475. The molecular weight excluding hydrogens is 264 g/mol. The van der Waals surface area contributed by atoms with Crippen molar-refractivity contribution in [3.8, 4) is 11.4 Å². The van der Waals surface area contributed by atoms with Gasteiger partial charge in [0.2, 0.25) is 5.65 Å². The first kappa shape index (κ1) is 12.3. The van der Waals surface area contributed by atoms with Crippen LogP contribution in [0.1, 0.15) is 25.7 Å². The normalized spacial score (nSPS) is 15.6. The van der Waals surface area contributed by atoms with Crippen molar-refractivity contribution in [1.82, 2.24) is 25.4 Å². The number of hydrogen-bond donors (Lipinski definition) is 2. The van der Waals surface area contributed by atoms with Crippen LogP contribution in [0.5, 0.6) is 0 Å². The lowest BCUT2D eigenvalue weighted by molar-refractivity contribution is 0.751. The molecular formula is C15H16N6. The smallest absolute Gasteiger partial charge is 0.207 e. The third-order valence-electron chi connectivity index (χ3n) is 3.91. The van der Waals surface area contributed by atoms with Crippen molar-refractivity contribution in [3.63, 3.8) is 0 Å². The molecule has 6 nitrogen and oxygen atoms in total. The van der Waals surface area contributed by atoms with E-state index in [0.29, 0.717) is 23.0 Å². The molecule has 6 heteroatoms. The van der Waals surface area contributed by atoms with Crippen molar-refractivity contribution in [3.05, 3.63) is 30.3 Å². The molecule has 2 N–H and O–H groups in total. The van der Waals surface area contributed by atoms with E-state index in [1.165, 1.54) is 25.7 Å². The van der Waals surface area contributed by atoms with E-state index in [9.17, 15) is 0 Å². The predicted octanol–water partition coefficient (Wildman–Crippen LogP) is 2.77. The average Bonchev–Trinajstić information content (AvgIpc) is 3.19. The second-order valence-electron chi connectivity index (χ2n) is 5.38. The lowest BCUT2D eigenvalue weighted by atomic mass is 10.2. The molecule has 4 rings (SSSR count). The van der Waals surface area contributed by atoms with Crippen molar-refractivity contribution in [1.29, 1.82) is 0 Å². The highest BCUT2D eigenvalue weighted by atomic mass is 15.4. The molecule has 1 aliphatic carbocycles. The van der Waals surface area contributed by atoms with E-state index in [0.717, 1.165) is 11.4 Å². The van der Waals surface area contributed by atoms with Crippen LogP contribution in [0.25, 0.3) is 22.6 Å². The first-order valence-electron chi connectivity index (χ1n) is 7.30. The summed E-state index contributed by atoms with van der Waals surface area (Å²) in [7, 11) is 0. The predicted molar refractivity (Wildman–Crippen MR) is 80.8 cm³/mol. The number of hydrogen-bond acceptors (Lipinski definition) is 5. The van der Waals surface area contributed by atoms with E-state index in [1.54, 1.807) is 0 Å². The van der Waals surface area contributed by atoms with Gasteiger partial charge in [-0.25, -0.2) is 9.97 Å². The van der Waals surface area contributed by atoms with Gasteiger partial charge in [-0.3, -0.25) is 0 Å². The first-order valence-corrected chi connectivity index (χ1v) is 7.30. The molecule has 3 aromatic rings. The fraction of sp³-hybridized carbons (Fsp3) is 0.333. The molecule has 0 bridgehead atoms. The fourth-order valence-corrected chi connectivity index (χ4v) is 2.83. The molecule has 1 aliphatic rings. The third kappa shape index (κ3) is 2.33. The summed E-state index contributed by atoms with van der Waals surface area (Å²) in [5.74, 6) is 1.46. The number of benzene rings is 1. The molecule has 21 heavy (non-hydrogen) atoms. The zero-order valence-corrected chi connectivity index (χ0v) is 11.6. The third-order valence-corrected chi connectivity index (χ3v) is 3.91. The number of nitrogens with zero attached hydrogens (tertiary/aromatic N) is 4. The second kappa shape index (κ2) is 5.12. The molecule has 1 fully saturated rings. The monoisotopic (exact) mass is 280 g/mol. The van der Waals surface area contributed by atoms with Gasteiger partial charge in [-0.05, 0) is 12.8 Å². The van der Waals surface area contributed by atoms with Crippen LogP contribution in [-0.2, 0) is 0 Å². The summed E-state index contributed by atoms with van der Waals surface area (Å²) >= 11 is 0. The van der Waals surface area contributed by atoms with Gasteiger partial charge in [0.05, 0.1) is 0 Å². The molecule has 1 saturated carbocycles. The molecule has 0 radical (unpaired) electrons. The molecule has 2 aromatic heterocycles. The summed E-state index contributed by atoms with van der Waals surface area (Å²) in [6.07, 6.45) is 4.92. The van der Waals surface area contributed by atoms with E-state index >= 15 is 0 Å². The number of aromatic amines is 1. The minimum Gasteiger partial charge on any atom is -0.365 e. The molecule has 1 aromatic carbocycles. The Hall–Kier alpha value is -2.50. The Morgan fingerprint density at radius 2 is 1.81 bits per heavy atom. The minimum absolute atomic E-state index is 0.475. The Balaban J connectivity index is 1.78. The van der Waals surface area contributed by atoms with Crippen LogP contribution in [0.15, 0.2) is 30.3 Å². The molecule has 0 spiro atoms. The van der Waals surface area contributed by atoms with Gasteiger partial charge >= 0.3 is 0 Å². The van der Waals surface area contributed by atoms with Crippen molar-refractivity contribution in [2.75, 3.05) is 5.32 Å². The summed E-state index contributed by atoms with van der Waals surface area (Å²) < 4.78 is 0.